The highest BCUT2D eigenvalue weighted by atomic mass is 15.0. The Labute approximate surface area is 137 Å². The zero-order chi connectivity index (χ0) is 16.2. The molecule has 0 atom stereocenters. The first-order chi connectivity index (χ1) is 10.6. The first kappa shape index (κ1) is 19.1. The summed E-state index contributed by atoms with van der Waals surface area (Å²) in [6, 6.07) is 4.28. The lowest BCUT2D eigenvalue weighted by molar-refractivity contribution is 0.348. The molecule has 0 aliphatic rings. The van der Waals surface area contributed by atoms with Crippen LogP contribution < -0.4 is 0 Å². The van der Waals surface area contributed by atoms with Gasteiger partial charge in [0, 0.05) is 12.4 Å². The highest BCUT2D eigenvalue weighted by Gasteiger charge is 2.10. The van der Waals surface area contributed by atoms with Gasteiger partial charge in [0.05, 0.1) is 0 Å². The third-order valence-electron chi connectivity index (χ3n) is 4.18. The molecule has 0 spiro atoms. The second-order valence-corrected chi connectivity index (χ2v) is 7.03. The molecule has 0 fully saturated rings. The fourth-order valence-electron chi connectivity index (χ4n) is 2.92. The van der Waals surface area contributed by atoms with Crippen molar-refractivity contribution in [2.75, 3.05) is 41.3 Å². The maximum absolute atomic E-state index is 4.26. The number of hydrogen-bond donors (Lipinski definition) is 0. The average Bonchev–Trinajstić information content (AvgIpc) is 2.48. The molecule has 0 aliphatic heterocycles. The summed E-state index contributed by atoms with van der Waals surface area (Å²) in [5, 5.41) is 0. The van der Waals surface area contributed by atoms with Gasteiger partial charge in [0.2, 0.25) is 0 Å². The topological polar surface area (TPSA) is 19.4 Å². The van der Waals surface area contributed by atoms with E-state index in [-0.39, 0.29) is 0 Å². The number of nitrogens with zero attached hydrogens (tertiary/aromatic N) is 3. The third kappa shape index (κ3) is 9.91. The van der Waals surface area contributed by atoms with Gasteiger partial charge in [0.25, 0.3) is 0 Å². The zero-order valence-electron chi connectivity index (χ0n) is 15.1. The predicted molar refractivity (Wildman–Crippen MR) is 96.2 cm³/mol. The van der Waals surface area contributed by atoms with Crippen LogP contribution in [0.3, 0.4) is 0 Å². The van der Waals surface area contributed by atoms with Crippen molar-refractivity contribution in [1.82, 2.24) is 14.8 Å². The summed E-state index contributed by atoms with van der Waals surface area (Å²) < 4.78 is 0. The van der Waals surface area contributed by atoms with Gasteiger partial charge in [-0.3, -0.25) is 4.98 Å². The molecule has 22 heavy (non-hydrogen) atoms. The standard InChI is InChI=1S/C19H35N3/c1-21(2)14-7-5-10-18(11-6-8-15-22(3)4)16-19-12-9-13-20-17-19/h9,12-13,17-18H,5-8,10-11,14-16H2,1-4H3. The summed E-state index contributed by atoms with van der Waals surface area (Å²) in [6.07, 6.45) is 13.1. The second kappa shape index (κ2) is 11.6. The Bertz CT molecular complexity index is 346. The van der Waals surface area contributed by atoms with E-state index in [4.69, 9.17) is 0 Å². The van der Waals surface area contributed by atoms with E-state index in [1.807, 2.05) is 12.4 Å². The van der Waals surface area contributed by atoms with Crippen molar-refractivity contribution in [1.29, 1.82) is 0 Å². The molecule has 0 aliphatic carbocycles. The van der Waals surface area contributed by atoms with Crippen LogP contribution in [0.2, 0.25) is 0 Å². The Morgan fingerprint density at radius 1 is 0.909 bits per heavy atom. The lowest BCUT2D eigenvalue weighted by Gasteiger charge is -2.18. The quantitative estimate of drug-likeness (QED) is 0.549. The minimum atomic E-state index is 0.813. The van der Waals surface area contributed by atoms with E-state index >= 15 is 0 Å². The van der Waals surface area contributed by atoms with Crippen LogP contribution in [0.5, 0.6) is 0 Å². The molecule has 1 rings (SSSR count). The number of pyridine rings is 1. The largest absolute Gasteiger partial charge is 0.309 e. The number of hydrogen-bond acceptors (Lipinski definition) is 3. The molecule has 0 saturated carbocycles. The fourth-order valence-corrected chi connectivity index (χ4v) is 2.92. The molecule has 1 aromatic heterocycles. The maximum atomic E-state index is 4.26. The lowest BCUT2D eigenvalue weighted by atomic mass is 9.90. The van der Waals surface area contributed by atoms with E-state index in [0.717, 1.165) is 5.92 Å². The summed E-state index contributed by atoms with van der Waals surface area (Å²) in [6.45, 7) is 2.42. The van der Waals surface area contributed by atoms with E-state index in [0.29, 0.717) is 0 Å². The SMILES string of the molecule is CN(C)CCCCC(CCCCN(C)C)Cc1cccnc1. The number of unbranched alkanes of at least 4 members (excludes halogenated alkanes) is 2. The van der Waals surface area contributed by atoms with E-state index in [9.17, 15) is 0 Å². The summed E-state index contributed by atoms with van der Waals surface area (Å²) in [5.41, 5.74) is 1.40. The fraction of sp³-hybridized carbons (Fsp3) is 0.737. The molecule has 1 heterocycles. The third-order valence-corrected chi connectivity index (χ3v) is 4.18. The van der Waals surface area contributed by atoms with Crippen molar-refractivity contribution in [2.24, 2.45) is 5.92 Å². The molecular weight excluding hydrogens is 270 g/mol. The van der Waals surface area contributed by atoms with Crippen molar-refractivity contribution in [3.05, 3.63) is 30.1 Å². The van der Waals surface area contributed by atoms with Crippen molar-refractivity contribution in [2.45, 2.75) is 44.9 Å². The molecule has 0 amide bonds. The molecule has 0 saturated heterocycles. The molecule has 0 N–H and O–H groups in total. The van der Waals surface area contributed by atoms with E-state index in [1.165, 1.54) is 63.6 Å². The first-order valence-corrected chi connectivity index (χ1v) is 8.76. The van der Waals surface area contributed by atoms with E-state index < -0.39 is 0 Å². The molecule has 0 radical (unpaired) electrons. The highest BCUT2D eigenvalue weighted by molar-refractivity contribution is 5.09. The van der Waals surface area contributed by atoms with Gasteiger partial charge in [0.1, 0.15) is 0 Å². The van der Waals surface area contributed by atoms with Crippen LogP contribution >= 0.6 is 0 Å². The van der Waals surface area contributed by atoms with Gasteiger partial charge < -0.3 is 9.80 Å². The van der Waals surface area contributed by atoms with E-state index in [1.54, 1.807) is 0 Å². The van der Waals surface area contributed by atoms with E-state index in [2.05, 4.69) is 55.1 Å². The second-order valence-electron chi connectivity index (χ2n) is 7.03. The first-order valence-electron chi connectivity index (χ1n) is 8.76. The Kier molecular flexibility index (Phi) is 10.1. The molecule has 0 aromatic carbocycles. The van der Waals surface area contributed by atoms with Crippen LogP contribution in [0, 0.1) is 5.92 Å². The van der Waals surface area contributed by atoms with Crippen molar-refractivity contribution in [3.63, 3.8) is 0 Å². The van der Waals surface area contributed by atoms with Gasteiger partial charge in [-0.2, -0.15) is 0 Å². The summed E-state index contributed by atoms with van der Waals surface area (Å²) in [5.74, 6) is 0.813. The van der Waals surface area contributed by atoms with Gasteiger partial charge in [-0.15, -0.1) is 0 Å². The van der Waals surface area contributed by atoms with Crippen LogP contribution in [-0.2, 0) is 6.42 Å². The maximum Gasteiger partial charge on any atom is 0.0299 e. The van der Waals surface area contributed by atoms with Crippen LogP contribution in [0.15, 0.2) is 24.5 Å². The molecule has 3 heteroatoms. The highest BCUT2D eigenvalue weighted by Crippen LogP contribution is 2.21. The van der Waals surface area contributed by atoms with Crippen LogP contribution in [-0.4, -0.2) is 56.1 Å². The smallest absolute Gasteiger partial charge is 0.0299 e. The van der Waals surface area contributed by atoms with Crippen molar-refractivity contribution >= 4 is 0 Å². The Morgan fingerprint density at radius 3 is 1.95 bits per heavy atom. The number of rotatable bonds is 12. The monoisotopic (exact) mass is 305 g/mol. The summed E-state index contributed by atoms with van der Waals surface area (Å²) in [7, 11) is 8.64. The van der Waals surface area contributed by atoms with Gasteiger partial charge in [-0.1, -0.05) is 31.7 Å². The predicted octanol–water partition coefficient (Wildman–Crippen LogP) is 3.70. The normalized spacial score (nSPS) is 11.8. The Morgan fingerprint density at radius 2 is 1.50 bits per heavy atom. The van der Waals surface area contributed by atoms with Gasteiger partial charge in [-0.05, 0) is 78.1 Å². The summed E-state index contributed by atoms with van der Waals surface area (Å²) >= 11 is 0. The zero-order valence-corrected chi connectivity index (χ0v) is 15.1. The van der Waals surface area contributed by atoms with Crippen LogP contribution in [0.25, 0.3) is 0 Å². The van der Waals surface area contributed by atoms with Gasteiger partial charge >= 0.3 is 0 Å². The minimum Gasteiger partial charge on any atom is -0.309 e. The molecule has 0 bridgehead atoms. The minimum absolute atomic E-state index is 0.813. The van der Waals surface area contributed by atoms with Gasteiger partial charge in [0.15, 0.2) is 0 Å². The average molecular weight is 306 g/mol. The van der Waals surface area contributed by atoms with Crippen LogP contribution in [0.4, 0.5) is 0 Å². The Balaban J connectivity index is 2.35. The lowest BCUT2D eigenvalue weighted by Crippen LogP contribution is -2.14. The van der Waals surface area contributed by atoms with Crippen LogP contribution in [0.1, 0.15) is 44.1 Å². The number of aromatic nitrogens is 1. The molecule has 3 nitrogen and oxygen atoms in total. The molecule has 0 unspecified atom stereocenters. The van der Waals surface area contributed by atoms with Crippen molar-refractivity contribution in [3.8, 4) is 0 Å². The molecular formula is C19H35N3. The Hall–Kier alpha value is -0.930. The van der Waals surface area contributed by atoms with Gasteiger partial charge in [-0.25, -0.2) is 0 Å². The van der Waals surface area contributed by atoms with Crippen molar-refractivity contribution < 1.29 is 0 Å². The molecule has 126 valence electrons. The molecule has 1 aromatic rings. The summed E-state index contributed by atoms with van der Waals surface area (Å²) in [4.78, 5) is 8.83.